The van der Waals surface area contributed by atoms with E-state index in [9.17, 15) is 29.7 Å². The molecule has 13 nitrogen and oxygen atoms in total. The van der Waals surface area contributed by atoms with Crippen molar-refractivity contribution < 1.29 is 62.9 Å². The number of fused-ring (bicyclic) bond motifs is 4. The van der Waals surface area contributed by atoms with Gasteiger partial charge in [0.15, 0.2) is 12.4 Å². The summed E-state index contributed by atoms with van der Waals surface area (Å²) in [4.78, 5) is 39.0. The van der Waals surface area contributed by atoms with Crippen molar-refractivity contribution in [3.05, 3.63) is 58.1 Å². The lowest BCUT2D eigenvalue weighted by Crippen LogP contribution is -2.62. The molecule has 1 unspecified atom stereocenters. The fraction of sp³-hybridized carbons (Fsp3) is 0.683. The van der Waals surface area contributed by atoms with Gasteiger partial charge >= 0.3 is 17.9 Å². The summed E-state index contributed by atoms with van der Waals surface area (Å²) in [5, 5.41) is 33.7. The SMILES string of the molecule is CCCCCCCC(=O)O[C@H]1/C(=C/C(=O)OC)C[C@H]2CC(CO)OC(=O)C[C@H](O)CCO[C@H](c3cccc(Br)c3)C[C@@H]3CCO[C@H](/C=C/C(C)(C)[C@]1(O)O2)O3. The Balaban J connectivity index is 1.70. The predicted molar refractivity (Wildman–Crippen MR) is 204 cm³/mol. The van der Waals surface area contributed by atoms with Gasteiger partial charge in [0.25, 0.3) is 0 Å². The van der Waals surface area contributed by atoms with E-state index in [1.807, 2.05) is 24.3 Å². The van der Waals surface area contributed by atoms with Gasteiger partial charge in [-0.1, -0.05) is 80.6 Å². The molecule has 308 valence electrons. The number of ether oxygens (including phenoxy) is 7. The smallest absolute Gasteiger partial charge is 0.330 e. The minimum Gasteiger partial charge on any atom is -0.466 e. The van der Waals surface area contributed by atoms with Crippen LogP contribution in [0.5, 0.6) is 0 Å². The molecule has 8 atom stereocenters. The Labute approximate surface area is 332 Å². The van der Waals surface area contributed by atoms with Crippen molar-refractivity contribution in [3.8, 4) is 0 Å². The van der Waals surface area contributed by atoms with Crippen molar-refractivity contribution in [2.45, 2.75) is 147 Å². The van der Waals surface area contributed by atoms with Crippen molar-refractivity contribution in [3.63, 3.8) is 0 Å². The van der Waals surface area contributed by atoms with Gasteiger partial charge in [-0.3, -0.25) is 9.59 Å². The minimum atomic E-state index is -2.28. The summed E-state index contributed by atoms with van der Waals surface area (Å²) >= 11 is 3.53. The molecule has 3 heterocycles. The molecule has 0 saturated carbocycles. The van der Waals surface area contributed by atoms with E-state index < -0.39 is 72.5 Å². The van der Waals surface area contributed by atoms with E-state index in [2.05, 4.69) is 22.9 Å². The summed E-state index contributed by atoms with van der Waals surface area (Å²) in [5.41, 5.74) is -0.191. The van der Waals surface area contributed by atoms with Crippen LogP contribution in [0.15, 0.2) is 52.5 Å². The number of esters is 3. The molecule has 3 aliphatic rings. The largest absolute Gasteiger partial charge is 0.466 e. The summed E-state index contributed by atoms with van der Waals surface area (Å²) in [6.45, 7) is 5.47. The van der Waals surface area contributed by atoms with Gasteiger partial charge in [0.05, 0.1) is 51.2 Å². The zero-order chi connectivity index (χ0) is 40.0. The summed E-state index contributed by atoms with van der Waals surface area (Å²) in [5.74, 6) is -4.31. The van der Waals surface area contributed by atoms with Crippen LogP contribution in [-0.4, -0.2) is 103 Å². The fourth-order valence-corrected chi connectivity index (χ4v) is 7.48. The Morgan fingerprint density at radius 1 is 1.04 bits per heavy atom. The van der Waals surface area contributed by atoms with Crippen LogP contribution in [0.3, 0.4) is 0 Å². The standard InChI is InChI=1S/C41H59BrO13/c1-5-6-7-8-9-13-35(45)54-39-28(22-36(46)49-4)21-32-24-33(26-43)52-37(47)23-30(44)15-18-50-34(27-11-10-12-29(42)20-27)25-31-16-19-51-38(53-31)14-17-40(2,3)41(39,48)55-32/h10-12,14,17,20,22,30-34,38-39,43-44,48H,5-9,13,15-16,18-19,21,23-26H2,1-4H3/b17-14+,28-22+/t30-,31+,32+,33?,34+,38+,39+,41-/m1/s1. The number of hydrogen-bond acceptors (Lipinski definition) is 13. The summed E-state index contributed by atoms with van der Waals surface area (Å²) < 4.78 is 42.5. The zero-order valence-corrected chi connectivity index (χ0v) is 34.1. The first-order valence-electron chi connectivity index (χ1n) is 19.5. The zero-order valence-electron chi connectivity index (χ0n) is 32.5. The van der Waals surface area contributed by atoms with Crippen molar-refractivity contribution >= 4 is 33.8 Å². The van der Waals surface area contributed by atoms with E-state index in [-0.39, 0.29) is 50.4 Å². The molecule has 2 saturated heterocycles. The van der Waals surface area contributed by atoms with Crippen LogP contribution in [0.4, 0.5) is 0 Å². The van der Waals surface area contributed by atoms with E-state index in [4.69, 9.17) is 33.2 Å². The lowest BCUT2D eigenvalue weighted by atomic mass is 9.74. The Hall–Kier alpha value is -2.69. The maximum Gasteiger partial charge on any atom is 0.330 e. The molecule has 3 aliphatic heterocycles. The lowest BCUT2D eigenvalue weighted by Gasteiger charge is -2.51. The average Bonchev–Trinajstić information content (AvgIpc) is 3.14. The van der Waals surface area contributed by atoms with Gasteiger partial charge in [-0.15, -0.1) is 0 Å². The monoisotopic (exact) mass is 838 g/mol. The van der Waals surface area contributed by atoms with Crippen molar-refractivity contribution in [1.82, 2.24) is 0 Å². The Morgan fingerprint density at radius 3 is 2.53 bits per heavy atom. The highest BCUT2D eigenvalue weighted by Gasteiger charge is 2.57. The second-order valence-corrected chi connectivity index (χ2v) is 16.0. The lowest BCUT2D eigenvalue weighted by molar-refractivity contribution is -0.327. The molecule has 2 fully saturated rings. The van der Waals surface area contributed by atoms with Crippen molar-refractivity contribution in [1.29, 1.82) is 0 Å². The number of benzene rings is 1. The average molecular weight is 840 g/mol. The third-order valence-electron chi connectivity index (χ3n) is 10.3. The highest BCUT2D eigenvalue weighted by Crippen LogP contribution is 2.47. The fourth-order valence-electron chi connectivity index (χ4n) is 7.06. The minimum absolute atomic E-state index is 0.0185. The van der Waals surface area contributed by atoms with Crippen LogP contribution in [0, 0.1) is 5.41 Å². The highest BCUT2D eigenvalue weighted by molar-refractivity contribution is 9.10. The molecule has 4 bridgehead atoms. The molecule has 0 aliphatic carbocycles. The molecule has 1 aromatic rings. The second kappa shape index (κ2) is 21.7. The van der Waals surface area contributed by atoms with Crippen LogP contribution in [-0.2, 0) is 47.5 Å². The first kappa shape index (κ1) is 45.0. The van der Waals surface area contributed by atoms with E-state index in [1.165, 1.54) is 13.2 Å². The maximum absolute atomic E-state index is 13.3. The molecule has 3 N–H and O–H groups in total. The summed E-state index contributed by atoms with van der Waals surface area (Å²) in [6.07, 6.45) is 3.90. The van der Waals surface area contributed by atoms with Gasteiger partial charge < -0.3 is 48.5 Å². The second-order valence-electron chi connectivity index (χ2n) is 15.1. The molecule has 0 radical (unpaired) electrons. The van der Waals surface area contributed by atoms with Gasteiger partial charge in [0.1, 0.15) is 6.10 Å². The maximum atomic E-state index is 13.3. The number of aliphatic hydroxyl groups excluding tert-OH is 2. The number of unbranched alkanes of at least 4 members (excludes halogenated alkanes) is 4. The number of rotatable bonds is 10. The topological polar surface area (TPSA) is 177 Å². The number of methoxy groups -OCH3 is 1. The molecule has 14 heteroatoms. The van der Waals surface area contributed by atoms with Crippen LogP contribution in [0.1, 0.15) is 109 Å². The first-order chi connectivity index (χ1) is 26.3. The molecule has 0 spiro atoms. The number of carbonyl (C=O) groups is 3. The molecule has 0 amide bonds. The van der Waals surface area contributed by atoms with Gasteiger partial charge in [0.2, 0.25) is 5.79 Å². The molecule has 1 aromatic carbocycles. The van der Waals surface area contributed by atoms with Crippen LogP contribution in [0.2, 0.25) is 0 Å². The Morgan fingerprint density at radius 2 is 1.80 bits per heavy atom. The molecule has 4 rings (SSSR count). The first-order valence-corrected chi connectivity index (χ1v) is 20.3. The Bertz CT molecular complexity index is 1460. The number of halogens is 1. The quantitative estimate of drug-likeness (QED) is 0.0835. The Kier molecular flexibility index (Phi) is 17.8. The summed E-state index contributed by atoms with van der Waals surface area (Å²) in [6, 6.07) is 7.74. The van der Waals surface area contributed by atoms with E-state index in [0.29, 0.717) is 25.9 Å². The van der Waals surface area contributed by atoms with E-state index in [1.54, 1.807) is 26.0 Å². The molecular formula is C41H59BrO13. The van der Waals surface area contributed by atoms with Gasteiger partial charge in [0, 0.05) is 41.8 Å². The van der Waals surface area contributed by atoms with Gasteiger partial charge in [-0.25, -0.2) is 4.79 Å². The number of cyclic esters (lactones) is 1. The highest BCUT2D eigenvalue weighted by atomic mass is 79.9. The molecular weight excluding hydrogens is 780 g/mol. The van der Waals surface area contributed by atoms with E-state index >= 15 is 0 Å². The number of hydrogen-bond donors (Lipinski definition) is 3. The van der Waals surface area contributed by atoms with Crippen molar-refractivity contribution in [2.24, 2.45) is 5.41 Å². The predicted octanol–water partition coefficient (Wildman–Crippen LogP) is 5.91. The van der Waals surface area contributed by atoms with Gasteiger partial charge in [-0.05, 0) is 55.0 Å². The number of carbonyl (C=O) groups excluding carboxylic acids is 3. The van der Waals surface area contributed by atoms with Crippen LogP contribution >= 0.6 is 15.9 Å². The summed E-state index contributed by atoms with van der Waals surface area (Å²) in [7, 11) is 1.21. The van der Waals surface area contributed by atoms with E-state index in [0.717, 1.165) is 35.7 Å². The third kappa shape index (κ3) is 13.5. The van der Waals surface area contributed by atoms with Crippen LogP contribution in [0.25, 0.3) is 0 Å². The number of aliphatic hydroxyl groups is 3. The van der Waals surface area contributed by atoms with Gasteiger partial charge in [-0.2, -0.15) is 0 Å². The third-order valence-corrected chi connectivity index (χ3v) is 10.8. The molecule has 55 heavy (non-hydrogen) atoms. The molecule has 0 aromatic heterocycles. The van der Waals surface area contributed by atoms with Crippen LogP contribution < -0.4 is 0 Å². The normalized spacial score (nSPS) is 32.2. The van der Waals surface area contributed by atoms with Crippen molar-refractivity contribution in [2.75, 3.05) is 26.9 Å².